The molecule has 1 aromatic heterocycles. The van der Waals surface area contributed by atoms with Crippen molar-refractivity contribution in [3.63, 3.8) is 0 Å². The highest BCUT2D eigenvalue weighted by atomic mass is 32.2. The van der Waals surface area contributed by atoms with E-state index in [-0.39, 0.29) is 29.8 Å². The number of thioether (sulfide) groups is 1. The number of carbonyl (C=O) groups is 3. The Morgan fingerprint density at radius 3 is 2.50 bits per heavy atom. The van der Waals surface area contributed by atoms with Gasteiger partial charge in [0, 0.05) is 16.2 Å². The molecule has 10 heteroatoms. The van der Waals surface area contributed by atoms with Crippen LogP contribution in [0.3, 0.4) is 0 Å². The zero-order valence-corrected chi connectivity index (χ0v) is 17.0. The number of aliphatic carboxylic acids is 1. The molecule has 2 aromatic rings. The molecule has 0 saturated heterocycles. The summed E-state index contributed by atoms with van der Waals surface area (Å²) in [6, 6.07) is 7.29. The number of hydrogen-bond acceptors (Lipinski definition) is 9. The van der Waals surface area contributed by atoms with Crippen LogP contribution in [0.4, 0.5) is 5.13 Å². The molecule has 1 aromatic carbocycles. The Hall–Kier alpha value is -2.59. The van der Waals surface area contributed by atoms with Crippen LogP contribution in [0.25, 0.3) is 11.3 Å². The van der Waals surface area contributed by atoms with Crippen LogP contribution in [-0.4, -0.2) is 48.6 Å². The molecule has 8 nitrogen and oxygen atoms in total. The molecular formula is C18H19N2O6S2-. The minimum Gasteiger partial charge on any atom is -0.549 e. The molecule has 0 spiro atoms. The van der Waals surface area contributed by atoms with Crippen molar-refractivity contribution in [2.45, 2.75) is 12.8 Å². The molecule has 0 radical (unpaired) electrons. The van der Waals surface area contributed by atoms with Crippen LogP contribution in [-0.2, 0) is 25.5 Å². The molecule has 0 bridgehead atoms. The zero-order chi connectivity index (χ0) is 20.5. The molecule has 2 rings (SSSR count). The third-order valence-electron chi connectivity index (χ3n) is 3.54. The Morgan fingerprint density at radius 1 is 1.18 bits per heavy atom. The smallest absolute Gasteiger partial charge is 0.305 e. The molecule has 1 amide bonds. The van der Waals surface area contributed by atoms with E-state index < -0.39 is 5.97 Å². The van der Waals surface area contributed by atoms with Crippen molar-refractivity contribution >= 4 is 46.1 Å². The van der Waals surface area contributed by atoms with Crippen molar-refractivity contribution in [2.75, 3.05) is 31.0 Å². The first-order valence-corrected chi connectivity index (χ1v) is 10.2. The lowest BCUT2D eigenvalue weighted by Gasteiger charge is -2.04. The van der Waals surface area contributed by atoms with Crippen LogP contribution in [0.5, 0.6) is 5.75 Å². The molecule has 0 aliphatic heterocycles. The summed E-state index contributed by atoms with van der Waals surface area (Å²) in [6.45, 7) is 0. The van der Waals surface area contributed by atoms with Crippen molar-refractivity contribution in [3.05, 3.63) is 29.1 Å². The van der Waals surface area contributed by atoms with Gasteiger partial charge in [0.05, 0.1) is 38.1 Å². The van der Waals surface area contributed by atoms with E-state index in [9.17, 15) is 19.5 Å². The number of ether oxygens (including phenoxy) is 2. The number of anilines is 1. The standard InChI is InChI=1S/C18H20N2O6S2/c1-25-12-5-3-11(4-6-12)17-13(7-8-16(24)26-2)28-18(20-17)19-14(21)9-27-10-15(22)23/h3-6H,7-10H2,1-2H3,(H,22,23)(H,19,20,21)/p-1. The predicted molar refractivity (Wildman–Crippen MR) is 105 cm³/mol. The first kappa shape index (κ1) is 21.7. The lowest BCUT2D eigenvalue weighted by atomic mass is 10.1. The summed E-state index contributed by atoms with van der Waals surface area (Å²) in [5.74, 6) is -1.50. The largest absolute Gasteiger partial charge is 0.549 e. The van der Waals surface area contributed by atoms with E-state index in [1.807, 2.05) is 12.1 Å². The number of amides is 1. The number of nitrogens with zero attached hydrogens (tertiary/aromatic N) is 1. The molecule has 0 fully saturated rings. The molecule has 1 heterocycles. The van der Waals surface area contributed by atoms with Gasteiger partial charge >= 0.3 is 5.97 Å². The van der Waals surface area contributed by atoms with E-state index in [1.54, 1.807) is 19.2 Å². The summed E-state index contributed by atoms with van der Waals surface area (Å²) in [5.41, 5.74) is 1.48. The Bertz CT molecular complexity index is 835. The van der Waals surface area contributed by atoms with Gasteiger partial charge in [0.1, 0.15) is 5.75 Å². The van der Waals surface area contributed by atoms with Gasteiger partial charge in [-0.25, -0.2) is 4.98 Å². The van der Waals surface area contributed by atoms with Crippen LogP contribution < -0.4 is 15.2 Å². The minimum absolute atomic E-state index is 0.0249. The highest BCUT2D eigenvalue weighted by Gasteiger charge is 2.16. The molecule has 28 heavy (non-hydrogen) atoms. The Balaban J connectivity index is 2.17. The molecule has 150 valence electrons. The molecule has 0 atom stereocenters. The van der Waals surface area contributed by atoms with Crippen molar-refractivity contribution in [1.82, 2.24) is 4.98 Å². The van der Waals surface area contributed by atoms with Gasteiger partial charge < -0.3 is 24.7 Å². The van der Waals surface area contributed by atoms with Gasteiger partial charge in [0.25, 0.3) is 0 Å². The third kappa shape index (κ3) is 6.54. The zero-order valence-electron chi connectivity index (χ0n) is 15.4. The van der Waals surface area contributed by atoms with Crippen LogP contribution in [0.15, 0.2) is 24.3 Å². The number of benzene rings is 1. The fourth-order valence-corrected chi connectivity index (χ4v) is 3.77. The molecule has 0 aliphatic carbocycles. The fraction of sp³-hybridized carbons (Fsp3) is 0.333. The Labute approximate surface area is 170 Å². The minimum atomic E-state index is -1.22. The number of rotatable bonds is 10. The number of nitrogens with one attached hydrogen (secondary N) is 1. The molecule has 0 aliphatic rings. The molecule has 1 N–H and O–H groups in total. The van der Waals surface area contributed by atoms with Gasteiger partial charge in [-0.3, -0.25) is 9.59 Å². The topological polar surface area (TPSA) is 118 Å². The van der Waals surface area contributed by atoms with E-state index in [0.29, 0.717) is 23.0 Å². The fourth-order valence-electron chi connectivity index (χ4n) is 2.25. The summed E-state index contributed by atoms with van der Waals surface area (Å²) in [4.78, 5) is 39.2. The second-order valence-electron chi connectivity index (χ2n) is 5.51. The van der Waals surface area contributed by atoms with Crippen LogP contribution in [0.1, 0.15) is 11.3 Å². The van der Waals surface area contributed by atoms with Gasteiger partial charge in [-0.05, 0) is 30.7 Å². The molecular weight excluding hydrogens is 404 g/mol. The number of thiazole rings is 1. The van der Waals surface area contributed by atoms with Gasteiger partial charge in [0.2, 0.25) is 5.91 Å². The highest BCUT2D eigenvalue weighted by Crippen LogP contribution is 2.33. The van der Waals surface area contributed by atoms with E-state index >= 15 is 0 Å². The summed E-state index contributed by atoms with van der Waals surface area (Å²) in [7, 11) is 2.90. The monoisotopic (exact) mass is 423 g/mol. The van der Waals surface area contributed by atoms with E-state index in [4.69, 9.17) is 4.74 Å². The van der Waals surface area contributed by atoms with E-state index in [0.717, 1.165) is 22.2 Å². The summed E-state index contributed by atoms with van der Waals surface area (Å²) < 4.78 is 9.84. The average Bonchev–Trinajstić information content (AvgIpc) is 3.08. The lowest BCUT2D eigenvalue weighted by Crippen LogP contribution is -2.25. The number of carboxylic acid groups (broad SMARTS) is 1. The normalized spacial score (nSPS) is 10.4. The van der Waals surface area contributed by atoms with Crippen molar-refractivity contribution in [1.29, 1.82) is 0 Å². The summed E-state index contributed by atoms with van der Waals surface area (Å²) >= 11 is 2.21. The SMILES string of the molecule is COC(=O)CCc1sc(NC(=O)CSCC(=O)[O-])nc1-c1ccc(OC)cc1. The van der Waals surface area contributed by atoms with Gasteiger partial charge in [0.15, 0.2) is 5.13 Å². The first-order valence-electron chi connectivity index (χ1n) is 8.21. The summed E-state index contributed by atoms with van der Waals surface area (Å²) in [6.07, 6.45) is 0.609. The third-order valence-corrected chi connectivity index (χ3v) is 5.48. The van der Waals surface area contributed by atoms with Crippen LogP contribution >= 0.6 is 23.1 Å². The number of methoxy groups -OCH3 is 2. The maximum atomic E-state index is 12.0. The second-order valence-corrected chi connectivity index (χ2v) is 7.58. The van der Waals surface area contributed by atoms with Crippen molar-refractivity contribution in [3.8, 4) is 17.0 Å². The van der Waals surface area contributed by atoms with E-state index in [2.05, 4.69) is 15.0 Å². The lowest BCUT2D eigenvalue weighted by molar-refractivity contribution is -0.301. The first-order chi connectivity index (χ1) is 13.4. The maximum absolute atomic E-state index is 12.0. The van der Waals surface area contributed by atoms with Gasteiger partial charge in [-0.15, -0.1) is 23.1 Å². The van der Waals surface area contributed by atoms with Crippen molar-refractivity contribution < 1.29 is 29.0 Å². The number of aromatic nitrogens is 1. The molecule has 0 saturated carbocycles. The van der Waals surface area contributed by atoms with Crippen LogP contribution in [0.2, 0.25) is 0 Å². The number of carbonyl (C=O) groups excluding carboxylic acids is 3. The maximum Gasteiger partial charge on any atom is 0.305 e. The average molecular weight is 423 g/mol. The van der Waals surface area contributed by atoms with Gasteiger partial charge in [-0.1, -0.05) is 0 Å². The number of hydrogen-bond donors (Lipinski definition) is 1. The second kappa shape index (κ2) is 10.7. The van der Waals surface area contributed by atoms with Gasteiger partial charge in [-0.2, -0.15) is 0 Å². The Kier molecular flexibility index (Phi) is 8.27. The van der Waals surface area contributed by atoms with Crippen molar-refractivity contribution in [2.24, 2.45) is 0 Å². The highest BCUT2D eigenvalue weighted by molar-refractivity contribution is 8.00. The number of aryl methyl sites for hydroxylation is 1. The number of carboxylic acids is 1. The predicted octanol–water partition coefficient (Wildman–Crippen LogP) is 1.35. The number of esters is 1. The quantitative estimate of drug-likeness (QED) is 0.569. The summed E-state index contributed by atoms with van der Waals surface area (Å²) in [5, 5.41) is 13.5. The van der Waals surface area contributed by atoms with Crippen LogP contribution in [0, 0.1) is 0 Å². The van der Waals surface area contributed by atoms with E-state index in [1.165, 1.54) is 18.4 Å². The Morgan fingerprint density at radius 2 is 1.89 bits per heavy atom. The molecule has 0 unspecified atom stereocenters.